The Kier molecular flexibility index (Phi) is 6.37. The zero-order valence-corrected chi connectivity index (χ0v) is 15.9. The second-order valence-corrected chi connectivity index (χ2v) is 8.21. The zero-order chi connectivity index (χ0) is 18.6. The van der Waals surface area contributed by atoms with Crippen LogP contribution in [0.15, 0.2) is 35.2 Å². The van der Waals surface area contributed by atoms with Gasteiger partial charge in [0.25, 0.3) is 5.91 Å². The Bertz CT molecular complexity index is 752. The number of likely N-dealkylation sites (N-methyl/N-ethyl adjacent to an activating group) is 1. The molecule has 1 saturated heterocycles. The highest BCUT2D eigenvalue weighted by Gasteiger charge is 2.28. The summed E-state index contributed by atoms with van der Waals surface area (Å²) < 4.78 is 32.3. The van der Waals surface area contributed by atoms with Crippen molar-refractivity contribution in [2.75, 3.05) is 39.4 Å². The number of hydrogen-bond acceptors (Lipinski definition) is 4. The first-order valence-electron chi connectivity index (χ1n) is 8.39. The molecule has 1 amide bonds. The molecule has 0 N–H and O–H groups in total. The van der Waals surface area contributed by atoms with Crippen LogP contribution >= 0.6 is 0 Å². The summed E-state index contributed by atoms with van der Waals surface area (Å²) in [4.78, 5) is 14.7. The second kappa shape index (κ2) is 8.12. The van der Waals surface area contributed by atoms with Gasteiger partial charge in [-0.1, -0.05) is 18.2 Å². The van der Waals surface area contributed by atoms with Gasteiger partial charge >= 0.3 is 0 Å². The second-order valence-electron chi connectivity index (χ2n) is 6.27. The molecule has 0 atom stereocenters. The van der Waals surface area contributed by atoms with Crippen molar-refractivity contribution in [3.63, 3.8) is 0 Å². The number of aryl methyl sites for hydroxylation is 1. The van der Waals surface area contributed by atoms with Gasteiger partial charge in [0.2, 0.25) is 10.0 Å². The van der Waals surface area contributed by atoms with E-state index in [1.807, 2.05) is 20.8 Å². The molecule has 138 valence electrons. The molecule has 1 heterocycles. The number of sulfonamides is 1. The Morgan fingerprint density at radius 1 is 1.32 bits per heavy atom. The molecule has 1 aromatic rings. The molecule has 0 radical (unpaired) electrons. The van der Waals surface area contributed by atoms with Crippen LogP contribution in [0.1, 0.15) is 29.8 Å². The Balaban J connectivity index is 2.36. The number of carbonyl (C=O) groups excluding carboxylic acids is 1. The van der Waals surface area contributed by atoms with E-state index in [0.29, 0.717) is 45.0 Å². The monoisotopic (exact) mass is 366 g/mol. The van der Waals surface area contributed by atoms with E-state index in [0.717, 1.165) is 11.1 Å². The third-order valence-electron chi connectivity index (χ3n) is 4.18. The van der Waals surface area contributed by atoms with Gasteiger partial charge in [-0.05, 0) is 38.5 Å². The number of amides is 1. The summed E-state index contributed by atoms with van der Waals surface area (Å²) >= 11 is 0. The topological polar surface area (TPSA) is 66.9 Å². The number of hydrogen-bond donors (Lipinski definition) is 0. The van der Waals surface area contributed by atoms with Gasteiger partial charge in [-0.3, -0.25) is 4.79 Å². The van der Waals surface area contributed by atoms with E-state index in [9.17, 15) is 13.2 Å². The minimum atomic E-state index is -3.63. The van der Waals surface area contributed by atoms with Gasteiger partial charge in [0.05, 0.1) is 18.1 Å². The molecule has 0 bridgehead atoms. The number of ether oxygens (including phenoxy) is 1. The number of nitrogens with zero attached hydrogens (tertiary/aromatic N) is 2. The lowest BCUT2D eigenvalue weighted by atomic mass is 10.1. The Labute approximate surface area is 150 Å². The maximum atomic E-state index is 12.8. The van der Waals surface area contributed by atoms with Gasteiger partial charge in [0.15, 0.2) is 0 Å². The lowest BCUT2D eigenvalue weighted by molar-refractivity contribution is 0.0730. The van der Waals surface area contributed by atoms with Gasteiger partial charge < -0.3 is 9.64 Å². The van der Waals surface area contributed by atoms with Gasteiger partial charge in [0, 0.05) is 31.7 Å². The summed E-state index contributed by atoms with van der Waals surface area (Å²) in [5, 5.41) is 0. The molecule has 0 saturated carbocycles. The molecule has 0 unspecified atom stereocenters. The lowest BCUT2D eigenvalue weighted by Gasteiger charge is -2.27. The van der Waals surface area contributed by atoms with Gasteiger partial charge in [-0.2, -0.15) is 4.31 Å². The molecule has 1 fully saturated rings. The number of morpholine rings is 1. The highest BCUT2D eigenvalue weighted by molar-refractivity contribution is 7.89. The quantitative estimate of drug-likeness (QED) is 0.723. The number of rotatable bonds is 6. The predicted molar refractivity (Wildman–Crippen MR) is 97.1 cm³/mol. The van der Waals surface area contributed by atoms with Crippen LogP contribution in [0.25, 0.3) is 0 Å². The molecular weight excluding hydrogens is 340 g/mol. The van der Waals surface area contributed by atoms with Crippen LogP contribution in [0, 0.1) is 6.92 Å². The van der Waals surface area contributed by atoms with E-state index in [2.05, 4.69) is 6.58 Å². The SMILES string of the molecule is C=C(C)CN(CC)C(=O)c1cc(S(=O)(=O)N2CCOCC2)ccc1C. The molecular formula is C18H26N2O4S. The van der Waals surface area contributed by atoms with E-state index >= 15 is 0 Å². The fraction of sp³-hybridized carbons (Fsp3) is 0.500. The largest absolute Gasteiger partial charge is 0.379 e. The van der Waals surface area contributed by atoms with Crippen molar-refractivity contribution in [3.05, 3.63) is 41.5 Å². The van der Waals surface area contributed by atoms with Crippen molar-refractivity contribution in [2.24, 2.45) is 0 Å². The zero-order valence-electron chi connectivity index (χ0n) is 15.1. The van der Waals surface area contributed by atoms with Crippen LogP contribution in [-0.4, -0.2) is 62.9 Å². The molecule has 2 rings (SSSR count). The average Bonchev–Trinajstić information content (AvgIpc) is 2.60. The summed E-state index contributed by atoms with van der Waals surface area (Å²) in [7, 11) is -3.63. The average molecular weight is 366 g/mol. The molecule has 7 heteroatoms. The molecule has 0 aliphatic carbocycles. The standard InChI is InChI=1S/C18H26N2O4S/c1-5-19(13-14(2)3)18(21)17-12-16(7-6-15(17)4)25(22,23)20-8-10-24-11-9-20/h6-7,12H,2,5,8-11,13H2,1,3-4H3. The van der Waals surface area contributed by atoms with Crippen molar-refractivity contribution < 1.29 is 17.9 Å². The number of benzene rings is 1. The third kappa shape index (κ3) is 4.48. The predicted octanol–water partition coefficient (Wildman–Crippen LogP) is 2.05. The summed E-state index contributed by atoms with van der Waals surface area (Å²) in [6.45, 7) is 11.8. The summed E-state index contributed by atoms with van der Waals surface area (Å²) in [6.07, 6.45) is 0. The lowest BCUT2D eigenvalue weighted by Crippen LogP contribution is -2.40. The van der Waals surface area contributed by atoms with Crippen molar-refractivity contribution in [1.29, 1.82) is 0 Å². The van der Waals surface area contributed by atoms with E-state index in [1.54, 1.807) is 17.0 Å². The van der Waals surface area contributed by atoms with Crippen LogP contribution in [0.2, 0.25) is 0 Å². The molecule has 25 heavy (non-hydrogen) atoms. The summed E-state index contributed by atoms with van der Waals surface area (Å²) in [6, 6.07) is 4.74. The minimum absolute atomic E-state index is 0.148. The van der Waals surface area contributed by atoms with Crippen molar-refractivity contribution in [3.8, 4) is 0 Å². The fourth-order valence-electron chi connectivity index (χ4n) is 2.75. The van der Waals surface area contributed by atoms with E-state index in [1.165, 1.54) is 10.4 Å². The first kappa shape index (κ1) is 19.6. The van der Waals surface area contributed by atoms with Crippen LogP contribution in [0.5, 0.6) is 0 Å². The van der Waals surface area contributed by atoms with Gasteiger partial charge in [-0.25, -0.2) is 8.42 Å². The molecule has 1 aliphatic heterocycles. The van der Waals surface area contributed by atoms with Crippen molar-refractivity contribution in [2.45, 2.75) is 25.7 Å². The van der Waals surface area contributed by atoms with Gasteiger partial charge in [-0.15, -0.1) is 0 Å². The Morgan fingerprint density at radius 3 is 2.52 bits per heavy atom. The molecule has 1 aliphatic rings. The number of carbonyl (C=O) groups is 1. The maximum Gasteiger partial charge on any atom is 0.254 e. The van der Waals surface area contributed by atoms with Crippen molar-refractivity contribution in [1.82, 2.24) is 9.21 Å². The van der Waals surface area contributed by atoms with Crippen LogP contribution < -0.4 is 0 Å². The van der Waals surface area contributed by atoms with E-state index < -0.39 is 10.0 Å². The third-order valence-corrected chi connectivity index (χ3v) is 6.07. The summed E-state index contributed by atoms with van der Waals surface area (Å²) in [5.41, 5.74) is 2.05. The minimum Gasteiger partial charge on any atom is -0.379 e. The van der Waals surface area contributed by atoms with E-state index in [4.69, 9.17) is 4.74 Å². The molecule has 1 aromatic carbocycles. The normalized spacial score (nSPS) is 15.8. The van der Waals surface area contributed by atoms with Crippen LogP contribution in [0.3, 0.4) is 0 Å². The molecule has 0 aromatic heterocycles. The fourth-order valence-corrected chi connectivity index (χ4v) is 4.19. The van der Waals surface area contributed by atoms with Crippen LogP contribution in [0.4, 0.5) is 0 Å². The highest BCUT2D eigenvalue weighted by atomic mass is 32.2. The first-order chi connectivity index (χ1) is 11.8. The summed E-state index contributed by atoms with van der Waals surface area (Å²) in [5.74, 6) is -0.179. The van der Waals surface area contributed by atoms with Crippen molar-refractivity contribution >= 4 is 15.9 Å². The first-order valence-corrected chi connectivity index (χ1v) is 9.83. The van der Waals surface area contributed by atoms with E-state index in [-0.39, 0.29) is 10.8 Å². The van der Waals surface area contributed by atoms with Gasteiger partial charge in [0.1, 0.15) is 0 Å². The Morgan fingerprint density at radius 2 is 1.96 bits per heavy atom. The smallest absolute Gasteiger partial charge is 0.254 e. The molecule has 0 spiro atoms. The van der Waals surface area contributed by atoms with Crippen LogP contribution in [-0.2, 0) is 14.8 Å². The maximum absolute atomic E-state index is 12.8. The highest BCUT2D eigenvalue weighted by Crippen LogP contribution is 2.22. The Hall–Kier alpha value is -1.70. The molecule has 6 nitrogen and oxygen atoms in total.